The highest BCUT2D eigenvalue weighted by atomic mass is 32.1. The number of fused-ring (bicyclic) bond motifs is 1. The molecule has 0 aliphatic heterocycles. The summed E-state index contributed by atoms with van der Waals surface area (Å²) in [7, 11) is 0. The molecule has 0 aliphatic rings. The Morgan fingerprint density at radius 1 is 1.25 bits per heavy atom. The molecule has 0 spiro atoms. The van der Waals surface area contributed by atoms with Crippen LogP contribution in [0, 0.1) is 0 Å². The van der Waals surface area contributed by atoms with Gasteiger partial charge < -0.3 is 0 Å². The van der Waals surface area contributed by atoms with Crippen molar-refractivity contribution in [2.24, 2.45) is 0 Å². The molecule has 16 heavy (non-hydrogen) atoms. The van der Waals surface area contributed by atoms with Gasteiger partial charge in [-0.05, 0) is 23.9 Å². The third-order valence-corrected chi connectivity index (χ3v) is 3.49. The van der Waals surface area contributed by atoms with Crippen LogP contribution in [0.4, 0.5) is 0 Å². The molecular weight excluding hydrogens is 220 g/mol. The summed E-state index contributed by atoms with van der Waals surface area (Å²) >= 11 is 1.39. The van der Waals surface area contributed by atoms with Gasteiger partial charge >= 0.3 is 0 Å². The first kappa shape index (κ1) is 11.0. The Morgan fingerprint density at radius 2 is 2.00 bits per heavy atom. The van der Waals surface area contributed by atoms with Crippen LogP contribution >= 0.6 is 11.3 Å². The minimum absolute atomic E-state index is 0.283. The highest BCUT2D eigenvalue weighted by Gasteiger charge is 2.17. The van der Waals surface area contributed by atoms with E-state index in [1.54, 1.807) is 6.07 Å². The fourth-order valence-corrected chi connectivity index (χ4v) is 2.59. The Balaban J connectivity index is 2.33. The maximum atomic E-state index is 11.8. The fourth-order valence-electron chi connectivity index (χ4n) is 1.57. The molecule has 0 N–H and O–H groups in total. The second-order valence-electron chi connectivity index (χ2n) is 3.65. The lowest BCUT2D eigenvalue weighted by Crippen LogP contribution is -2.11. The van der Waals surface area contributed by atoms with Gasteiger partial charge in [0.25, 0.3) is 0 Å². The Bertz CT molecular complexity index is 507. The molecule has 0 unspecified atom stereocenters. The number of ketones is 2. The summed E-state index contributed by atoms with van der Waals surface area (Å²) in [4.78, 5) is 23.8. The largest absolute Gasteiger partial charge is 0.290 e. The Morgan fingerprint density at radius 3 is 2.69 bits per heavy atom. The maximum absolute atomic E-state index is 11.8. The molecule has 1 heterocycles. The summed E-state index contributed by atoms with van der Waals surface area (Å²) in [5.74, 6) is -0.628. The lowest BCUT2D eigenvalue weighted by atomic mass is 10.1. The first-order chi connectivity index (χ1) is 7.72. The van der Waals surface area contributed by atoms with Gasteiger partial charge in [0.05, 0.1) is 4.88 Å². The molecule has 0 bridgehead atoms. The van der Waals surface area contributed by atoms with Crippen molar-refractivity contribution < 1.29 is 9.59 Å². The summed E-state index contributed by atoms with van der Waals surface area (Å²) in [6.07, 6.45) is 1.06. The first-order valence-electron chi connectivity index (χ1n) is 5.28. The van der Waals surface area contributed by atoms with Gasteiger partial charge in [0.1, 0.15) is 0 Å². The lowest BCUT2D eigenvalue weighted by Gasteiger charge is -1.93. The molecule has 2 aromatic rings. The van der Waals surface area contributed by atoms with Gasteiger partial charge in [0.15, 0.2) is 0 Å². The van der Waals surface area contributed by atoms with Crippen molar-refractivity contribution in [1.29, 1.82) is 0 Å². The van der Waals surface area contributed by atoms with E-state index in [-0.39, 0.29) is 11.6 Å². The number of Topliss-reactive ketones (excluding diaryl/α,β-unsaturated/α-hetero) is 2. The SMILES string of the molecule is CCCC(=O)C(=O)c1cc2ccccc2s1. The van der Waals surface area contributed by atoms with E-state index in [9.17, 15) is 9.59 Å². The van der Waals surface area contributed by atoms with Crippen LogP contribution in [-0.4, -0.2) is 11.6 Å². The number of benzene rings is 1. The van der Waals surface area contributed by atoms with Crippen LogP contribution in [0.25, 0.3) is 10.1 Å². The normalized spacial score (nSPS) is 10.6. The van der Waals surface area contributed by atoms with E-state index in [1.807, 2.05) is 31.2 Å². The molecule has 0 saturated carbocycles. The zero-order chi connectivity index (χ0) is 11.5. The average molecular weight is 232 g/mol. The van der Waals surface area contributed by atoms with Gasteiger partial charge in [0, 0.05) is 11.1 Å². The van der Waals surface area contributed by atoms with Crippen LogP contribution in [0.5, 0.6) is 0 Å². The molecule has 3 heteroatoms. The number of carbonyl (C=O) groups excluding carboxylic acids is 2. The van der Waals surface area contributed by atoms with E-state index >= 15 is 0 Å². The first-order valence-corrected chi connectivity index (χ1v) is 6.10. The third kappa shape index (κ3) is 2.04. The zero-order valence-electron chi connectivity index (χ0n) is 9.03. The van der Waals surface area contributed by atoms with Crippen molar-refractivity contribution in [2.75, 3.05) is 0 Å². The van der Waals surface area contributed by atoms with Gasteiger partial charge in [-0.3, -0.25) is 9.59 Å². The van der Waals surface area contributed by atoms with Gasteiger partial charge in [-0.1, -0.05) is 25.1 Å². The van der Waals surface area contributed by atoms with E-state index in [0.717, 1.165) is 16.5 Å². The minimum atomic E-state index is -0.344. The standard InChI is InChI=1S/C13H12O2S/c1-2-5-10(14)13(15)12-8-9-6-3-4-7-11(9)16-12/h3-4,6-8H,2,5H2,1H3. The Kier molecular flexibility index (Phi) is 3.15. The fraction of sp³-hybridized carbons (Fsp3) is 0.231. The maximum Gasteiger partial charge on any atom is 0.238 e. The molecule has 0 radical (unpaired) electrons. The molecule has 0 aliphatic carbocycles. The van der Waals surface area contributed by atoms with Crippen molar-refractivity contribution in [3.8, 4) is 0 Å². The molecule has 2 rings (SSSR count). The molecule has 0 amide bonds. The summed E-state index contributed by atoms with van der Waals surface area (Å²) in [6, 6.07) is 9.57. The molecular formula is C13H12O2S. The van der Waals surface area contributed by atoms with Crippen LogP contribution in [0.2, 0.25) is 0 Å². The van der Waals surface area contributed by atoms with E-state index in [1.165, 1.54) is 11.3 Å². The minimum Gasteiger partial charge on any atom is -0.290 e. The predicted molar refractivity (Wildman–Crippen MR) is 66.1 cm³/mol. The number of rotatable bonds is 4. The molecule has 0 saturated heterocycles. The number of carbonyl (C=O) groups is 2. The van der Waals surface area contributed by atoms with Crippen LogP contribution in [0.1, 0.15) is 29.4 Å². The van der Waals surface area contributed by atoms with Gasteiger partial charge in [-0.15, -0.1) is 11.3 Å². The van der Waals surface area contributed by atoms with E-state index in [0.29, 0.717) is 11.3 Å². The molecule has 0 fully saturated rings. The van der Waals surface area contributed by atoms with Gasteiger partial charge in [0.2, 0.25) is 11.6 Å². The second kappa shape index (κ2) is 4.58. The van der Waals surface area contributed by atoms with Crippen molar-refractivity contribution in [3.05, 3.63) is 35.2 Å². The van der Waals surface area contributed by atoms with Crippen molar-refractivity contribution >= 4 is 33.0 Å². The quantitative estimate of drug-likeness (QED) is 0.597. The highest BCUT2D eigenvalue weighted by Crippen LogP contribution is 2.25. The monoisotopic (exact) mass is 232 g/mol. The highest BCUT2D eigenvalue weighted by molar-refractivity contribution is 7.21. The summed E-state index contributed by atoms with van der Waals surface area (Å²) in [5.41, 5.74) is 0. The average Bonchev–Trinajstić information content (AvgIpc) is 2.71. The van der Waals surface area contributed by atoms with E-state index < -0.39 is 0 Å². The molecule has 1 aromatic carbocycles. The van der Waals surface area contributed by atoms with Gasteiger partial charge in [-0.25, -0.2) is 0 Å². The van der Waals surface area contributed by atoms with Crippen molar-refractivity contribution in [2.45, 2.75) is 19.8 Å². The van der Waals surface area contributed by atoms with Crippen molar-refractivity contribution in [1.82, 2.24) is 0 Å². The number of hydrogen-bond donors (Lipinski definition) is 0. The topological polar surface area (TPSA) is 34.1 Å². The van der Waals surface area contributed by atoms with E-state index in [2.05, 4.69) is 0 Å². The third-order valence-electron chi connectivity index (χ3n) is 2.38. The number of hydrogen-bond acceptors (Lipinski definition) is 3. The zero-order valence-corrected chi connectivity index (χ0v) is 9.84. The van der Waals surface area contributed by atoms with Crippen LogP contribution < -0.4 is 0 Å². The van der Waals surface area contributed by atoms with Crippen LogP contribution in [0.15, 0.2) is 30.3 Å². The smallest absolute Gasteiger partial charge is 0.238 e. The van der Waals surface area contributed by atoms with Crippen LogP contribution in [0.3, 0.4) is 0 Å². The Hall–Kier alpha value is -1.48. The van der Waals surface area contributed by atoms with E-state index in [4.69, 9.17) is 0 Å². The number of thiophene rings is 1. The lowest BCUT2D eigenvalue weighted by molar-refractivity contribution is -0.115. The molecule has 0 atom stereocenters. The summed E-state index contributed by atoms with van der Waals surface area (Å²) in [5, 5.41) is 1.03. The summed E-state index contributed by atoms with van der Waals surface area (Å²) < 4.78 is 1.05. The summed E-state index contributed by atoms with van der Waals surface area (Å²) in [6.45, 7) is 1.90. The van der Waals surface area contributed by atoms with Crippen molar-refractivity contribution in [3.63, 3.8) is 0 Å². The predicted octanol–water partition coefficient (Wildman–Crippen LogP) is 3.45. The second-order valence-corrected chi connectivity index (χ2v) is 4.73. The Labute approximate surface area is 97.9 Å². The molecule has 82 valence electrons. The van der Waals surface area contributed by atoms with Gasteiger partial charge in [-0.2, -0.15) is 0 Å². The van der Waals surface area contributed by atoms with Crippen LogP contribution in [-0.2, 0) is 4.79 Å². The molecule has 1 aromatic heterocycles. The molecule has 2 nitrogen and oxygen atoms in total.